The molecule has 0 saturated heterocycles. The summed E-state index contributed by atoms with van der Waals surface area (Å²) in [6.07, 6.45) is 3.97. The molecule has 0 N–H and O–H groups in total. The highest BCUT2D eigenvalue weighted by Crippen LogP contribution is 2.09. The van der Waals surface area contributed by atoms with E-state index in [0.29, 0.717) is 18.5 Å². The predicted molar refractivity (Wildman–Crippen MR) is 79.3 cm³/mol. The average Bonchev–Trinajstić information content (AvgIpc) is 2.74. The third kappa shape index (κ3) is 2.78. The second-order valence-electron chi connectivity index (χ2n) is 5.00. The Bertz CT molecular complexity index is 772. The number of rotatable bonds is 5. The number of hydrogen-bond acceptors (Lipinski definition) is 3. The van der Waals surface area contributed by atoms with Gasteiger partial charge in [0, 0.05) is 45.5 Å². The van der Waals surface area contributed by atoms with E-state index in [1.807, 2.05) is 25.4 Å². The average molecular weight is 297 g/mol. The summed E-state index contributed by atoms with van der Waals surface area (Å²) in [5.74, 6) is 0.0393. The topological polar surface area (TPSA) is 64.3 Å². The Labute approximate surface area is 118 Å². The van der Waals surface area contributed by atoms with Crippen molar-refractivity contribution in [3.63, 3.8) is 0 Å². The lowest BCUT2D eigenvalue weighted by molar-refractivity contribution is 0.514. The van der Waals surface area contributed by atoms with Gasteiger partial charge in [-0.25, -0.2) is 12.7 Å². The van der Waals surface area contributed by atoms with Crippen molar-refractivity contribution in [2.45, 2.75) is 13.0 Å². The van der Waals surface area contributed by atoms with Gasteiger partial charge in [-0.15, -0.1) is 0 Å². The van der Waals surface area contributed by atoms with Crippen molar-refractivity contribution in [1.82, 2.24) is 13.4 Å². The molecule has 2 aromatic rings. The van der Waals surface area contributed by atoms with Gasteiger partial charge in [0.2, 0.25) is 10.0 Å². The lowest BCUT2D eigenvalue weighted by Crippen LogP contribution is -2.27. The Morgan fingerprint density at radius 3 is 2.50 bits per heavy atom. The van der Waals surface area contributed by atoms with E-state index in [0.717, 1.165) is 5.39 Å². The van der Waals surface area contributed by atoms with Gasteiger partial charge in [0.1, 0.15) is 5.52 Å². The van der Waals surface area contributed by atoms with E-state index < -0.39 is 10.0 Å². The molecular weight excluding hydrogens is 278 g/mol. The van der Waals surface area contributed by atoms with Crippen molar-refractivity contribution in [2.24, 2.45) is 7.05 Å². The number of nitrogens with zero attached hydrogens (tertiary/aromatic N) is 3. The molecule has 0 radical (unpaired) electrons. The van der Waals surface area contributed by atoms with Gasteiger partial charge in [-0.3, -0.25) is 4.79 Å². The van der Waals surface area contributed by atoms with Gasteiger partial charge >= 0.3 is 0 Å². The largest absolute Gasteiger partial charge is 0.346 e. The SMILES string of the molecule is CN(C)S(=O)(=O)CCCn1ccc2ccn(C)c2c1=O. The van der Waals surface area contributed by atoms with Crippen LogP contribution in [-0.2, 0) is 23.6 Å². The minimum absolute atomic E-state index is 0.0393. The Kier molecular flexibility index (Phi) is 4.01. The summed E-state index contributed by atoms with van der Waals surface area (Å²) in [6.45, 7) is 0.396. The maximum atomic E-state index is 12.3. The zero-order chi connectivity index (χ0) is 14.9. The standard InChI is InChI=1S/C13H19N3O3S/c1-14(2)20(18,19)10-4-7-16-9-6-11-5-8-15(3)12(11)13(16)17/h5-6,8-9H,4,7,10H2,1-3H3. The van der Waals surface area contributed by atoms with Crippen LogP contribution in [0.25, 0.3) is 10.9 Å². The second-order valence-corrected chi connectivity index (χ2v) is 7.30. The van der Waals surface area contributed by atoms with Gasteiger partial charge in [-0.05, 0) is 18.6 Å². The highest BCUT2D eigenvalue weighted by atomic mass is 32.2. The molecule has 0 saturated carbocycles. The van der Waals surface area contributed by atoms with Gasteiger partial charge in [0.25, 0.3) is 5.56 Å². The van der Waals surface area contributed by atoms with Crippen LogP contribution in [0.2, 0.25) is 0 Å². The first-order valence-electron chi connectivity index (χ1n) is 6.37. The number of pyridine rings is 1. The molecule has 6 nitrogen and oxygen atoms in total. The molecule has 20 heavy (non-hydrogen) atoms. The molecule has 0 amide bonds. The van der Waals surface area contributed by atoms with Crippen molar-refractivity contribution in [3.05, 3.63) is 34.9 Å². The number of sulfonamides is 1. The maximum Gasteiger partial charge on any atom is 0.275 e. The Morgan fingerprint density at radius 1 is 1.20 bits per heavy atom. The third-order valence-corrected chi connectivity index (χ3v) is 5.28. The molecule has 0 aliphatic carbocycles. The van der Waals surface area contributed by atoms with Gasteiger partial charge in [-0.1, -0.05) is 0 Å². The van der Waals surface area contributed by atoms with E-state index >= 15 is 0 Å². The molecule has 0 aliphatic rings. The molecule has 0 aromatic carbocycles. The van der Waals surface area contributed by atoms with Crippen molar-refractivity contribution >= 4 is 20.9 Å². The molecule has 2 rings (SSSR count). The van der Waals surface area contributed by atoms with Gasteiger partial charge < -0.3 is 9.13 Å². The highest BCUT2D eigenvalue weighted by molar-refractivity contribution is 7.89. The Morgan fingerprint density at radius 2 is 1.85 bits per heavy atom. The second kappa shape index (κ2) is 5.41. The third-order valence-electron chi connectivity index (χ3n) is 3.36. The molecule has 2 aromatic heterocycles. The van der Waals surface area contributed by atoms with Gasteiger partial charge in [0.05, 0.1) is 5.75 Å². The summed E-state index contributed by atoms with van der Waals surface area (Å²) in [5, 5.41) is 0.898. The quantitative estimate of drug-likeness (QED) is 0.813. The fraction of sp³-hybridized carbons (Fsp3) is 0.462. The van der Waals surface area contributed by atoms with Crippen LogP contribution in [0.5, 0.6) is 0 Å². The van der Waals surface area contributed by atoms with E-state index in [4.69, 9.17) is 0 Å². The molecule has 0 spiro atoms. The summed E-state index contributed by atoms with van der Waals surface area (Å²) in [5.41, 5.74) is 0.556. The smallest absolute Gasteiger partial charge is 0.275 e. The molecule has 7 heteroatoms. The fourth-order valence-electron chi connectivity index (χ4n) is 2.11. The number of aryl methyl sites for hydroxylation is 2. The van der Waals surface area contributed by atoms with Crippen LogP contribution in [0.3, 0.4) is 0 Å². The van der Waals surface area contributed by atoms with E-state index in [-0.39, 0.29) is 11.3 Å². The van der Waals surface area contributed by atoms with E-state index in [2.05, 4.69) is 0 Å². The summed E-state index contributed by atoms with van der Waals surface area (Å²) in [7, 11) is 1.64. The van der Waals surface area contributed by atoms with Crippen LogP contribution in [0.15, 0.2) is 29.3 Å². The number of hydrogen-bond donors (Lipinski definition) is 0. The fourth-order valence-corrected chi connectivity index (χ4v) is 2.97. The van der Waals surface area contributed by atoms with Crippen LogP contribution in [0, 0.1) is 0 Å². The van der Waals surface area contributed by atoms with Crippen molar-refractivity contribution < 1.29 is 8.42 Å². The number of aromatic nitrogens is 2. The lowest BCUT2D eigenvalue weighted by Gasteiger charge is -2.11. The van der Waals surface area contributed by atoms with Crippen molar-refractivity contribution in [2.75, 3.05) is 19.8 Å². The van der Waals surface area contributed by atoms with Gasteiger partial charge in [-0.2, -0.15) is 0 Å². The minimum Gasteiger partial charge on any atom is -0.346 e. The van der Waals surface area contributed by atoms with Crippen LogP contribution in [0.1, 0.15) is 6.42 Å². The van der Waals surface area contributed by atoms with E-state index in [9.17, 15) is 13.2 Å². The van der Waals surface area contributed by atoms with Crippen molar-refractivity contribution in [1.29, 1.82) is 0 Å². The molecule has 0 atom stereocenters. The van der Waals surface area contributed by atoms with Gasteiger partial charge in [0.15, 0.2) is 0 Å². The molecule has 0 fully saturated rings. The first kappa shape index (κ1) is 14.8. The van der Waals surface area contributed by atoms with Crippen LogP contribution >= 0.6 is 0 Å². The molecule has 0 unspecified atom stereocenters. The summed E-state index contributed by atoms with van der Waals surface area (Å²) in [6, 6.07) is 3.76. The highest BCUT2D eigenvalue weighted by Gasteiger charge is 2.13. The maximum absolute atomic E-state index is 12.3. The minimum atomic E-state index is -3.21. The summed E-state index contributed by atoms with van der Waals surface area (Å²) >= 11 is 0. The molecule has 2 heterocycles. The zero-order valence-corrected chi connectivity index (χ0v) is 12.7. The number of fused-ring (bicyclic) bond motifs is 1. The van der Waals surface area contributed by atoms with E-state index in [1.165, 1.54) is 18.4 Å². The first-order valence-corrected chi connectivity index (χ1v) is 7.98. The van der Waals surface area contributed by atoms with E-state index in [1.54, 1.807) is 15.3 Å². The van der Waals surface area contributed by atoms with Crippen LogP contribution in [0.4, 0.5) is 0 Å². The zero-order valence-electron chi connectivity index (χ0n) is 11.9. The monoisotopic (exact) mass is 297 g/mol. The molecule has 0 bridgehead atoms. The lowest BCUT2D eigenvalue weighted by atomic mass is 10.3. The van der Waals surface area contributed by atoms with Crippen molar-refractivity contribution in [3.8, 4) is 0 Å². The van der Waals surface area contributed by atoms with Crippen LogP contribution in [-0.4, -0.2) is 41.7 Å². The van der Waals surface area contributed by atoms with Crippen LogP contribution < -0.4 is 5.56 Å². The first-order chi connectivity index (χ1) is 9.33. The summed E-state index contributed by atoms with van der Waals surface area (Å²) in [4.78, 5) is 12.3. The molecular formula is C13H19N3O3S. The molecule has 0 aliphatic heterocycles. The Hall–Kier alpha value is -1.60. The molecule has 110 valence electrons. The predicted octanol–water partition coefficient (Wildman–Crippen LogP) is 0.621. The Balaban J connectivity index is 2.17. The normalized spacial score (nSPS) is 12.4. The summed E-state index contributed by atoms with van der Waals surface area (Å²) < 4.78 is 27.9.